The van der Waals surface area contributed by atoms with Crippen molar-refractivity contribution in [2.75, 3.05) is 0 Å². The van der Waals surface area contributed by atoms with Crippen molar-refractivity contribution < 1.29 is 15.3 Å². The smallest absolute Gasteiger partial charge is 0.118 e. The van der Waals surface area contributed by atoms with Gasteiger partial charge in [0, 0.05) is 0 Å². The number of hydrogen-bond donors (Lipinski definition) is 3. The lowest BCUT2D eigenvalue weighted by Crippen LogP contribution is -2.12. The van der Waals surface area contributed by atoms with E-state index >= 15 is 0 Å². The molecule has 0 unspecified atom stereocenters. The van der Waals surface area contributed by atoms with E-state index in [1.807, 2.05) is 36.4 Å². The highest BCUT2D eigenvalue weighted by Crippen LogP contribution is 2.29. The predicted octanol–water partition coefficient (Wildman–Crippen LogP) is 4.45. The van der Waals surface area contributed by atoms with Gasteiger partial charge in [0.1, 0.15) is 17.2 Å². The average Bonchev–Trinajstić information content (AvgIpc) is 2.61. The van der Waals surface area contributed by atoms with Gasteiger partial charge in [-0.05, 0) is 60.1 Å². The van der Waals surface area contributed by atoms with E-state index in [1.54, 1.807) is 36.4 Å². The first-order valence-electron chi connectivity index (χ1n) is 8.44. The fraction of sp³-hybridized carbons (Fsp3) is 0.182. The largest absolute Gasteiger partial charge is 0.508 e. The summed E-state index contributed by atoms with van der Waals surface area (Å²) in [6.45, 7) is 0. The quantitative estimate of drug-likeness (QED) is 0.624. The van der Waals surface area contributed by atoms with E-state index in [1.165, 1.54) is 0 Å². The maximum Gasteiger partial charge on any atom is 0.118 e. The SMILES string of the molecule is Oc1ccccc1CC(Cc1ccccc1O)Cc1ccccc1O. The summed E-state index contributed by atoms with van der Waals surface area (Å²) in [5.74, 6) is 0.973. The number of phenolic OH excluding ortho intramolecular Hbond substituents is 3. The normalized spacial score (nSPS) is 10.9. The molecular weight excluding hydrogens is 312 g/mol. The van der Waals surface area contributed by atoms with Gasteiger partial charge in [0.2, 0.25) is 0 Å². The van der Waals surface area contributed by atoms with E-state index in [0.29, 0.717) is 19.3 Å². The maximum atomic E-state index is 10.1. The second kappa shape index (κ2) is 7.75. The van der Waals surface area contributed by atoms with E-state index < -0.39 is 0 Å². The second-order valence-corrected chi connectivity index (χ2v) is 6.36. The van der Waals surface area contributed by atoms with Crippen molar-refractivity contribution >= 4 is 0 Å². The van der Waals surface area contributed by atoms with Crippen molar-refractivity contribution in [3.63, 3.8) is 0 Å². The molecule has 0 amide bonds. The number of benzene rings is 3. The molecular formula is C22H22O3. The highest BCUT2D eigenvalue weighted by molar-refractivity contribution is 5.36. The van der Waals surface area contributed by atoms with Gasteiger partial charge in [-0.15, -0.1) is 0 Å². The van der Waals surface area contributed by atoms with Crippen LogP contribution in [-0.4, -0.2) is 15.3 Å². The molecule has 25 heavy (non-hydrogen) atoms. The molecule has 128 valence electrons. The number of aromatic hydroxyl groups is 3. The summed E-state index contributed by atoms with van der Waals surface area (Å²) in [5, 5.41) is 30.3. The van der Waals surface area contributed by atoms with Crippen LogP contribution in [-0.2, 0) is 19.3 Å². The third-order valence-corrected chi connectivity index (χ3v) is 4.50. The predicted molar refractivity (Wildman–Crippen MR) is 98.9 cm³/mol. The molecule has 0 aromatic heterocycles. The molecule has 0 aliphatic carbocycles. The van der Waals surface area contributed by atoms with Crippen molar-refractivity contribution in [3.8, 4) is 17.2 Å². The van der Waals surface area contributed by atoms with Gasteiger partial charge in [0.15, 0.2) is 0 Å². The Morgan fingerprint density at radius 2 is 0.760 bits per heavy atom. The molecule has 3 aromatic rings. The van der Waals surface area contributed by atoms with Crippen LogP contribution >= 0.6 is 0 Å². The Hall–Kier alpha value is -2.94. The van der Waals surface area contributed by atoms with Crippen LogP contribution < -0.4 is 0 Å². The molecule has 0 aliphatic rings. The molecule has 3 aromatic carbocycles. The van der Waals surface area contributed by atoms with Gasteiger partial charge in [0.05, 0.1) is 0 Å². The average molecular weight is 334 g/mol. The van der Waals surface area contributed by atoms with Crippen molar-refractivity contribution in [2.24, 2.45) is 5.92 Å². The number of hydrogen-bond acceptors (Lipinski definition) is 3. The standard InChI is InChI=1S/C22H22O3/c23-20-10-4-1-7-17(20)13-16(14-18-8-2-5-11-21(18)24)15-19-9-3-6-12-22(19)25/h1-12,16,23-25H,13-15H2. The van der Waals surface area contributed by atoms with E-state index in [-0.39, 0.29) is 23.2 Å². The van der Waals surface area contributed by atoms with E-state index in [9.17, 15) is 15.3 Å². The van der Waals surface area contributed by atoms with Crippen LogP contribution in [0.5, 0.6) is 17.2 Å². The highest BCUT2D eigenvalue weighted by Gasteiger charge is 2.17. The summed E-state index contributed by atoms with van der Waals surface area (Å²) < 4.78 is 0. The Balaban J connectivity index is 1.86. The van der Waals surface area contributed by atoms with Gasteiger partial charge in [-0.25, -0.2) is 0 Å². The third-order valence-electron chi connectivity index (χ3n) is 4.50. The molecule has 0 bridgehead atoms. The van der Waals surface area contributed by atoms with Crippen LogP contribution in [0.15, 0.2) is 72.8 Å². The zero-order valence-corrected chi connectivity index (χ0v) is 14.0. The Morgan fingerprint density at radius 3 is 1.04 bits per heavy atom. The van der Waals surface area contributed by atoms with Gasteiger partial charge in [-0.1, -0.05) is 54.6 Å². The summed E-state index contributed by atoms with van der Waals surface area (Å²) in [5.41, 5.74) is 2.62. The number of phenols is 3. The summed E-state index contributed by atoms with van der Waals surface area (Å²) in [4.78, 5) is 0. The third kappa shape index (κ3) is 4.32. The topological polar surface area (TPSA) is 60.7 Å². The van der Waals surface area contributed by atoms with E-state index in [4.69, 9.17) is 0 Å². The van der Waals surface area contributed by atoms with Crippen LogP contribution in [0, 0.1) is 5.92 Å². The molecule has 3 rings (SSSR count). The minimum absolute atomic E-state index is 0.134. The lowest BCUT2D eigenvalue weighted by Gasteiger charge is -2.19. The molecule has 0 saturated carbocycles. The van der Waals surface area contributed by atoms with Crippen molar-refractivity contribution in [2.45, 2.75) is 19.3 Å². The van der Waals surface area contributed by atoms with Crippen molar-refractivity contribution in [3.05, 3.63) is 89.5 Å². The van der Waals surface area contributed by atoms with Crippen LogP contribution in [0.4, 0.5) is 0 Å². The first-order chi connectivity index (χ1) is 12.1. The van der Waals surface area contributed by atoms with Crippen LogP contribution in [0.1, 0.15) is 16.7 Å². The second-order valence-electron chi connectivity index (χ2n) is 6.36. The van der Waals surface area contributed by atoms with Gasteiger partial charge in [-0.3, -0.25) is 0 Å². The monoisotopic (exact) mass is 334 g/mol. The minimum Gasteiger partial charge on any atom is -0.508 e. The molecule has 0 radical (unpaired) electrons. The van der Waals surface area contributed by atoms with Gasteiger partial charge >= 0.3 is 0 Å². The lowest BCUT2D eigenvalue weighted by atomic mass is 9.86. The fourth-order valence-corrected chi connectivity index (χ4v) is 3.20. The zero-order chi connectivity index (χ0) is 17.6. The fourth-order valence-electron chi connectivity index (χ4n) is 3.20. The zero-order valence-electron chi connectivity index (χ0n) is 14.0. The number of rotatable bonds is 6. The first kappa shape index (κ1) is 16.9. The summed E-state index contributed by atoms with van der Waals surface area (Å²) >= 11 is 0. The molecule has 0 aliphatic heterocycles. The minimum atomic E-state index is 0.134. The molecule has 3 N–H and O–H groups in total. The lowest BCUT2D eigenvalue weighted by molar-refractivity contribution is 0.430. The molecule has 0 saturated heterocycles. The molecule has 3 heteroatoms. The van der Waals surface area contributed by atoms with Crippen LogP contribution in [0.2, 0.25) is 0 Å². The summed E-state index contributed by atoms with van der Waals surface area (Å²) in [6, 6.07) is 21.9. The van der Waals surface area contributed by atoms with Crippen molar-refractivity contribution in [1.29, 1.82) is 0 Å². The summed E-state index contributed by atoms with van der Waals surface area (Å²) in [6.07, 6.45) is 1.99. The molecule has 0 spiro atoms. The Bertz CT molecular complexity index is 729. The van der Waals surface area contributed by atoms with E-state index in [0.717, 1.165) is 16.7 Å². The number of para-hydroxylation sites is 3. The van der Waals surface area contributed by atoms with Gasteiger partial charge in [-0.2, -0.15) is 0 Å². The van der Waals surface area contributed by atoms with E-state index in [2.05, 4.69) is 0 Å². The molecule has 0 fully saturated rings. The van der Waals surface area contributed by atoms with Crippen molar-refractivity contribution in [1.82, 2.24) is 0 Å². The highest BCUT2D eigenvalue weighted by atomic mass is 16.3. The Labute approximate surface area is 147 Å². The summed E-state index contributed by atoms with van der Waals surface area (Å²) in [7, 11) is 0. The Morgan fingerprint density at radius 1 is 0.480 bits per heavy atom. The Kier molecular flexibility index (Phi) is 5.24. The van der Waals surface area contributed by atoms with Gasteiger partial charge < -0.3 is 15.3 Å². The van der Waals surface area contributed by atoms with Crippen LogP contribution in [0.25, 0.3) is 0 Å². The first-order valence-corrected chi connectivity index (χ1v) is 8.44. The molecule has 0 atom stereocenters. The molecule has 3 nitrogen and oxygen atoms in total. The van der Waals surface area contributed by atoms with Crippen LogP contribution in [0.3, 0.4) is 0 Å². The maximum absolute atomic E-state index is 10.1. The molecule has 0 heterocycles. The van der Waals surface area contributed by atoms with Gasteiger partial charge in [0.25, 0.3) is 0 Å².